The molecule has 2 aromatic rings. The third kappa shape index (κ3) is 3.39. The molecule has 2 amide bonds. The van der Waals surface area contributed by atoms with Crippen LogP contribution in [-0.2, 0) is 9.59 Å². The smallest absolute Gasteiger partial charge is 0.230 e. The van der Waals surface area contributed by atoms with Gasteiger partial charge < -0.3 is 10.2 Å². The van der Waals surface area contributed by atoms with Gasteiger partial charge in [-0.15, -0.1) is 0 Å². The van der Waals surface area contributed by atoms with Gasteiger partial charge in [0.05, 0.1) is 5.92 Å². The fourth-order valence-electron chi connectivity index (χ4n) is 2.70. The van der Waals surface area contributed by atoms with Crippen LogP contribution in [-0.4, -0.2) is 23.3 Å². The van der Waals surface area contributed by atoms with E-state index in [2.05, 4.69) is 10.3 Å². The third-order valence-electron chi connectivity index (χ3n) is 3.98. The molecule has 2 heterocycles. The molecule has 1 saturated heterocycles. The van der Waals surface area contributed by atoms with Crippen LogP contribution in [0.25, 0.3) is 0 Å². The standard InChI is InChI=1S/C18H19N3O2/c1-12-6-8-15(9-7-12)21-11-14(10-17(21)22)18(23)20-16-5-3-4-13(2)19-16/h3-9,14H,10-11H2,1-2H3,(H,19,20,23). The van der Waals surface area contributed by atoms with E-state index in [1.54, 1.807) is 11.0 Å². The summed E-state index contributed by atoms with van der Waals surface area (Å²) in [5.74, 6) is -0.0142. The first kappa shape index (κ1) is 15.2. The first-order chi connectivity index (χ1) is 11.0. The van der Waals surface area contributed by atoms with Gasteiger partial charge in [-0.25, -0.2) is 4.98 Å². The molecular formula is C18H19N3O2. The topological polar surface area (TPSA) is 62.3 Å². The summed E-state index contributed by atoms with van der Waals surface area (Å²) in [5.41, 5.74) is 2.82. The molecule has 1 aliphatic rings. The van der Waals surface area contributed by atoms with Crippen molar-refractivity contribution < 1.29 is 9.59 Å². The summed E-state index contributed by atoms with van der Waals surface area (Å²) in [4.78, 5) is 30.5. The molecule has 0 radical (unpaired) electrons. The quantitative estimate of drug-likeness (QED) is 0.948. The van der Waals surface area contributed by atoms with E-state index in [9.17, 15) is 9.59 Å². The van der Waals surface area contributed by atoms with Crippen LogP contribution in [0.2, 0.25) is 0 Å². The number of nitrogens with zero attached hydrogens (tertiary/aromatic N) is 2. The van der Waals surface area contributed by atoms with Crippen molar-refractivity contribution in [2.45, 2.75) is 20.3 Å². The van der Waals surface area contributed by atoms with E-state index in [1.165, 1.54) is 0 Å². The van der Waals surface area contributed by atoms with Crippen molar-refractivity contribution in [1.82, 2.24) is 4.98 Å². The van der Waals surface area contributed by atoms with Crippen LogP contribution in [0.15, 0.2) is 42.5 Å². The number of amides is 2. The second-order valence-electron chi connectivity index (χ2n) is 5.89. The second-order valence-corrected chi connectivity index (χ2v) is 5.89. The Hall–Kier alpha value is -2.69. The number of anilines is 2. The molecule has 0 bridgehead atoms. The number of carbonyl (C=O) groups is 2. The summed E-state index contributed by atoms with van der Waals surface area (Å²) in [6.45, 7) is 4.27. The van der Waals surface area contributed by atoms with Gasteiger partial charge in [0, 0.05) is 24.3 Å². The summed E-state index contributed by atoms with van der Waals surface area (Å²) >= 11 is 0. The van der Waals surface area contributed by atoms with Crippen molar-refractivity contribution in [3.05, 3.63) is 53.7 Å². The predicted molar refractivity (Wildman–Crippen MR) is 89.2 cm³/mol. The number of hydrogen-bond acceptors (Lipinski definition) is 3. The van der Waals surface area contributed by atoms with Crippen molar-refractivity contribution >= 4 is 23.3 Å². The SMILES string of the molecule is Cc1ccc(N2CC(C(=O)Nc3cccc(C)n3)CC2=O)cc1. The number of hydrogen-bond donors (Lipinski definition) is 1. The molecule has 1 aliphatic heterocycles. The van der Waals surface area contributed by atoms with E-state index in [-0.39, 0.29) is 24.2 Å². The van der Waals surface area contributed by atoms with Crippen molar-refractivity contribution in [2.24, 2.45) is 5.92 Å². The van der Waals surface area contributed by atoms with Crippen molar-refractivity contribution in [1.29, 1.82) is 0 Å². The van der Waals surface area contributed by atoms with Gasteiger partial charge in [0.2, 0.25) is 11.8 Å². The molecule has 0 spiro atoms. The van der Waals surface area contributed by atoms with Crippen LogP contribution >= 0.6 is 0 Å². The molecule has 0 saturated carbocycles. The largest absolute Gasteiger partial charge is 0.312 e. The maximum Gasteiger partial charge on any atom is 0.230 e. The maximum atomic E-state index is 12.4. The van der Waals surface area contributed by atoms with Gasteiger partial charge in [-0.1, -0.05) is 23.8 Å². The summed E-state index contributed by atoms with van der Waals surface area (Å²) in [6.07, 6.45) is 0.228. The minimum absolute atomic E-state index is 0.0220. The van der Waals surface area contributed by atoms with E-state index in [0.29, 0.717) is 12.4 Å². The summed E-state index contributed by atoms with van der Waals surface area (Å²) in [7, 11) is 0. The highest BCUT2D eigenvalue weighted by molar-refractivity contribution is 6.03. The van der Waals surface area contributed by atoms with Gasteiger partial charge in [0.15, 0.2) is 0 Å². The molecular weight excluding hydrogens is 290 g/mol. The normalized spacial score (nSPS) is 17.4. The van der Waals surface area contributed by atoms with Crippen LogP contribution in [0.5, 0.6) is 0 Å². The van der Waals surface area contributed by atoms with Crippen LogP contribution in [0.4, 0.5) is 11.5 Å². The van der Waals surface area contributed by atoms with Gasteiger partial charge in [0.1, 0.15) is 5.82 Å². The van der Waals surface area contributed by atoms with Crippen LogP contribution in [0.3, 0.4) is 0 Å². The minimum atomic E-state index is -0.355. The average Bonchev–Trinajstić information content (AvgIpc) is 2.90. The molecule has 5 heteroatoms. The molecule has 118 valence electrons. The van der Waals surface area contributed by atoms with E-state index in [1.807, 2.05) is 50.2 Å². The second kappa shape index (κ2) is 6.20. The van der Waals surface area contributed by atoms with E-state index in [4.69, 9.17) is 0 Å². The van der Waals surface area contributed by atoms with Crippen LogP contribution in [0, 0.1) is 19.8 Å². The van der Waals surface area contributed by atoms with Crippen LogP contribution < -0.4 is 10.2 Å². The lowest BCUT2D eigenvalue weighted by atomic mass is 10.1. The fraction of sp³-hybridized carbons (Fsp3) is 0.278. The Kier molecular flexibility index (Phi) is 4.10. The Morgan fingerprint density at radius 2 is 1.91 bits per heavy atom. The number of carbonyl (C=O) groups excluding carboxylic acids is 2. The van der Waals surface area contributed by atoms with Crippen molar-refractivity contribution in [3.63, 3.8) is 0 Å². The zero-order valence-corrected chi connectivity index (χ0v) is 13.2. The van der Waals surface area contributed by atoms with Crippen molar-refractivity contribution in [2.75, 3.05) is 16.8 Å². The first-order valence-corrected chi connectivity index (χ1v) is 7.64. The molecule has 1 N–H and O–H groups in total. The maximum absolute atomic E-state index is 12.4. The molecule has 23 heavy (non-hydrogen) atoms. The molecule has 1 fully saturated rings. The molecule has 1 atom stereocenters. The number of aryl methyl sites for hydroxylation is 2. The zero-order chi connectivity index (χ0) is 16.4. The highest BCUT2D eigenvalue weighted by Gasteiger charge is 2.35. The number of rotatable bonds is 3. The van der Waals surface area contributed by atoms with Gasteiger partial charge >= 0.3 is 0 Å². The number of nitrogens with one attached hydrogen (secondary N) is 1. The predicted octanol–water partition coefficient (Wildman–Crippen LogP) is 2.69. The highest BCUT2D eigenvalue weighted by Crippen LogP contribution is 2.26. The Balaban J connectivity index is 1.69. The molecule has 0 aliphatic carbocycles. The van der Waals surface area contributed by atoms with E-state index < -0.39 is 0 Å². The Morgan fingerprint density at radius 3 is 2.61 bits per heavy atom. The third-order valence-corrected chi connectivity index (χ3v) is 3.98. The lowest BCUT2D eigenvalue weighted by Gasteiger charge is -2.17. The minimum Gasteiger partial charge on any atom is -0.312 e. The van der Waals surface area contributed by atoms with Gasteiger partial charge in [-0.3, -0.25) is 9.59 Å². The molecule has 1 aromatic carbocycles. The molecule has 3 rings (SSSR count). The number of aromatic nitrogens is 1. The Morgan fingerprint density at radius 1 is 1.17 bits per heavy atom. The Labute approximate surface area is 135 Å². The highest BCUT2D eigenvalue weighted by atomic mass is 16.2. The summed E-state index contributed by atoms with van der Waals surface area (Å²) in [6, 6.07) is 13.2. The monoisotopic (exact) mass is 309 g/mol. The van der Waals surface area contributed by atoms with Gasteiger partial charge in [-0.05, 0) is 38.1 Å². The Bertz CT molecular complexity index is 740. The van der Waals surface area contributed by atoms with Gasteiger partial charge in [0.25, 0.3) is 0 Å². The van der Waals surface area contributed by atoms with Crippen LogP contribution in [0.1, 0.15) is 17.7 Å². The number of pyridine rings is 1. The van der Waals surface area contributed by atoms with Gasteiger partial charge in [-0.2, -0.15) is 0 Å². The lowest BCUT2D eigenvalue weighted by molar-refractivity contribution is -0.122. The lowest BCUT2D eigenvalue weighted by Crippen LogP contribution is -2.28. The fourth-order valence-corrected chi connectivity index (χ4v) is 2.70. The molecule has 1 unspecified atom stereocenters. The van der Waals surface area contributed by atoms with Crippen molar-refractivity contribution in [3.8, 4) is 0 Å². The number of benzene rings is 1. The average molecular weight is 309 g/mol. The zero-order valence-electron chi connectivity index (χ0n) is 13.2. The first-order valence-electron chi connectivity index (χ1n) is 7.64. The molecule has 1 aromatic heterocycles. The van der Waals surface area contributed by atoms with E-state index >= 15 is 0 Å². The van der Waals surface area contributed by atoms with E-state index in [0.717, 1.165) is 16.9 Å². The summed E-state index contributed by atoms with van der Waals surface area (Å²) < 4.78 is 0. The molecule has 5 nitrogen and oxygen atoms in total. The summed E-state index contributed by atoms with van der Waals surface area (Å²) in [5, 5.41) is 2.80.